The molecule has 4 rings (SSSR count). The van der Waals surface area contributed by atoms with Crippen molar-refractivity contribution in [1.29, 1.82) is 0 Å². The van der Waals surface area contributed by atoms with Gasteiger partial charge in [0.05, 0.1) is 16.7 Å². The molecule has 0 bridgehead atoms. The lowest BCUT2D eigenvalue weighted by Gasteiger charge is -2.21. The summed E-state index contributed by atoms with van der Waals surface area (Å²) >= 11 is 0. The van der Waals surface area contributed by atoms with E-state index in [4.69, 9.17) is 0 Å². The third-order valence-electron chi connectivity index (χ3n) is 4.21. The highest BCUT2D eigenvalue weighted by molar-refractivity contribution is 6.33. The first kappa shape index (κ1) is 14.1. The van der Waals surface area contributed by atoms with Gasteiger partial charge in [-0.25, -0.2) is 0 Å². The predicted octanol–water partition coefficient (Wildman–Crippen LogP) is 2.44. The lowest BCUT2D eigenvalue weighted by Crippen LogP contribution is -2.21. The van der Waals surface area contributed by atoms with E-state index in [1.54, 1.807) is 0 Å². The van der Waals surface area contributed by atoms with Crippen molar-refractivity contribution < 1.29 is 30.0 Å². The molecular formula is C18H10O6. The van der Waals surface area contributed by atoms with Gasteiger partial charge in [-0.3, -0.25) is 9.59 Å². The Balaban J connectivity index is 2.19. The molecule has 3 aromatic rings. The number of carbonyl (C=O) groups excluding carboxylic acids is 2. The van der Waals surface area contributed by atoms with Crippen LogP contribution in [-0.4, -0.2) is 32.0 Å². The molecule has 6 heteroatoms. The zero-order chi connectivity index (χ0) is 17.2. The Morgan fingerprint density at radius 3 is 2.08 bits per heavy atom. The smallest absolute Gasteiger partial charge is 0.202 e. The van der Waals surface area contributed by atoms with Crippen molar-refractivity contribution >= 4 is 22.3 Å². The molecule has 3 aromatic carbocycles. The molecule has 1 aliphatic rings. The van der Waals surface area contributed by atoms with Crippen LogP contribution in [0.3, 0.4) is 0 Å². The number of carbonyl (C=O) groups is 2. The van der Waals surface area contributed by atoms with E-state index in [1.807, 2.05) is 0 Å². The third-order valence-corrected chi connectivity index (χ3v) is 4.21. The lowest BCUT2D eigenvalue weighted by molar-refractivity contribution is 0.0972. The average molecular weight is 322 g/mol. The van der Waals surface area contributed by atoms with Crippen molar-refractivity contribution in [1.82, 2.24) is 0 Å². The van der Waals surface area contributed by atoms with E-state index >= 15 is 0 Å². The van der Waals surface area contributed by atoms with Crippen LogP contribution in [0, 0.1) is 0 Å². The summed E-state index contributed by atoms with van der Waals surface area (Å²) in [4.78, 5) is 25.4. The molecular weight excluding hydrogens is 312 g/mol. The second-order valence-corrected chi connectivity index (χ2v) is 5.54. The molecule has 6 nitrogen and oxygen atoms in total. The molecule has 0 saturated carbocycles. The van der Waals surface area contributed by atoms with Gasteiger partial charge in [0, 0.05) is 16.3 Å². The zero-order valence-corrected chi connectivity index (χ0v) is 12.1. The molecule has 0 fully saturated rings. The van der Waals surface area contributed by atoms with Gasteiger partial charge in [-0.2, -0.15) is 0 Å². The van der Waals surface area contributed by atoms with E-state index in [1.165, 1.54) is 36.4 Å². The molecule has 0 atom stereocenters. The Labute approximate surface area is 134 Å². The second kappa shape index (κ2) is 4.48. The Kier molecular flexibility index (Phi) is 2.63. The Morgan fingerprint density at radius 1 is 0.667 bits per heavy atom. The topological polar surface area (TPSA) is 115 Å². The monoisotopic (exact) mass is 322 g/mol. The minimum absolute atomic E-state index is 0.0519. The van der Waals surface area contributed by atoms with Crippen LogP contribution < -0.4 is 0 Å². The predicted molar refractivity (Wildman–Crippen MR) is 83.9 cm³/mol. The number of phenols is 4. The van der Waals surface area contributed by atoms with Crippen LogP contribution in [0.5, 0.6) is 23.0 Å². The van der Waals surface area contributed by atoms with Gasteiger partial charge in [-0.1, -0.05) is 12.1 Å². The Hall–Kier alpha value is -3.54. The molecule has 1 aliphatic carbocycles. The highest BCUT2D eigenvalue weighted by atomic mass is 16.3. The van der Waals surface area contributed by atoms with Crippen molar-refractivity contribution in [3.8, 4) is 23.0 Å². The number of hydrogen-bond acceptors (Lipinski definition) is 6. The van der Waals surface area contributed by atoms with Gasteiger partial charge in [0.1, 0.15) is 23.0 Å². The second-order valence-electron chi connectivity index (χ2n) is 5.54. The van der Waals surface area contributed by atoms with Crippen LogP contribution in [0.2, 0.25) is 0 Å². The van der Waals surface area contributed by atoms with Crippen LogP contribution in [0.1, 0.15) is 31.8 Å². The van der Waals surface area contributed by atoms with Gasteiger partial charge in [-0.05, 0) is 24.3 Å². The number of fused-ring (bicyclic) bond motifs is 3. The quantitative estimate of drug-likeness (QED) is 0.370. The van der Waals surface area contributed by atoms with E-state index in [0.29, 0.717) is 0 Å². The van der Waals surface area contributed by atoms with Gasteiger partial charge in [-0.15, -0.1) is 0 Å². The van der Waals surface area contributed by atoms with Gasteiger partial charge < -0.3 is 20.4 Å². The Morgan fingerprint density at radius 2 is 1.33 bits per heavy atom. The first-order chi connectivity index (χ1) is 11.4. The first-order valence-corrected chi connectivity index (χ1v) is 7.03. The molecule has 4 N–H and O–H groups in total. The minimum atomic E-state index is -0.750. The van der Waals surface area contributed by atoms with Crippen LogP contribution in [0.25, 0.3) is 10.8 Å². The summed E-state index contributed by atoms with van der Waals surface area (Å²) in [5, 5.41) is 40.6. The van der Waals surface area contributed by atoms with E-state index in [-0.39, 0.29) is 44.5 Å². The van der Waals surface area contributed by atoms with Gasteiger partial charge >= 0.3 is 0 Å². The van der Waals surface area contributed by atoms with E-state index < -0.39 is 23.1 Å². The number of hydrogen-bond donors (Lipinski definition) is 4. The number of rotatable bonds is 0. The number of aromatic hydroxyl groups is 4. The molecule has 118 valence electrons. The van der Waals surface area contributed by atoms with E-state index in [9.17, 15) is 30.0 Å². The van der Waals surface area contributed by atoms with Gasteiger partial charge in [0.15, 0.2) is 5.78 Å². The fourth-order valence-electron chi connectivity index (χ4n) is 3.11. The molecule has 0 radical (unpaired) electrons. The maximum absolute atomic E-state index is 12.7. The molecule has 0 saturated heterocycles. The number of ketones is 2. The normalized spacial score (nSPS) is 13.0. The summed E-state index contributed by atoms with van der Waals surface area (Å²) in [6.45, 7) is 0. The van der Waals surface area contributed by atoms with Crippen LogP contribution >= 0.6 is 0 Å². The summed E-state index contributed by atoms with van der Waals surface area (Å²) in [6.07, 6.45) is 0. The highest BCUT2D eigenvalue weighted by Crippen LogP contribution is 2.46. The van der Waals surface area contributed by atoms with Gasteiger partial charge in [0.25, 0.3) is 0 Å². The molecule has 24 heavy (non-hydrogen) atoms. The van der Waals surface area contributed by atoms with E-state index in [0.717, 1.165) is 0 Å². The van der Waals surface area contributed by atoms with Crippen molar-refractivity contribution in [3.05, 3.63) is 58.7 Å². The Bertz CT molecular complexity index is 1080. The summed E-state index contributed by atoms with van der Waals surface area (Å²) in [7, 11) is 0. The lowest BCUT2D eigenvalue weighted by atomic mass is 9.81. The molecule has 0 spiro atoms. The standard InChI is InChI=1S/C18H10O6/c19-7-4-5-8-10(6-7)17(23)13-14(15(8)21)18(24)12-9(16(13)22)2-1-3-11(12)20/h1-6,19-21,23H. The fourth-order valence-corrected chi connectivity index (χ4v) is 3.11. The molecule has 0 heterocycles. The van der Waals surface area contributed by atoms with Crippen molar-refractivity contribution in [2.24, 2.45) is 0 Å². The van der Waals surface area contributed by atoms with Crippen molar-refractivity contribution in [2.45, 2.75) is 0 Å². The number of benzene rings is 3. The van der Waals surface area contributed by atoms with Gasteiger partial charge in [0.2, 0.25) is 5.78 Å². The van der Waals surface area contributed by atoms with E-state index in [2.05, 4.69) is 0 Å². The first-order valence-electron chi connectivity index (χ1n) is 7.03. The third kappa shape index (κ3) is 1.59. The summed E-state index contributed by atoms with van der Waals surface area (Å²) in [5.41, 5.74) is -0.956. The van der Waals surface area contributed by atoms with Crippen LogP contribution in [-0.2, 0) is 0 Å². The maximum Gasteiger partial charge on any atom is 0.202 e. The minimum Gasteiger partial charge on any atom is -0.508 e. The highest BCUT2D eigenvalue weighted by Gasteiger charge is 2.37. The zero-order valence-electron chi connectivity index (χ0n) is 12.1. The molecule has 0 amide bonds. The largest absolute Gasteiger partial charge is 0.508 e. The molecule has 0 aliphatic heterocycles. The summed E-state index contributed by atoms with van der Waals surface area (Å²) in [6, 6.07) is 7.85. The molecule has 0 unspecified atom stereocenters. The van der Waals surface area contributed by atoms with Crippen molar-refractivity contribution in [3.63, 3.8) is 0 Å². The maximum atomic E-state index is 12.7. The summed E-state index contributed by atoms with van der Waals surface area (Å²) in [5.74, 6) is -2.95. The fraction of sp³-hybridized carbons (Fsp3) is 0. The number of phenolic OH excluding ortho intramolecular Hbond substituents is 4. The van der Waals surface area contributed by atoms with Crippen molar-refractivity contribution in [2.75, 3.05) is 0 Å². The average Bonchev–Trinajstić information content (AvgIpc) is 2.55. The van der Waals surface area contributed by atoms with Crippen LogP contribution in [0.15, 0.2) is 36.4 Å². The summed E-state index contributed by atoms with van der Waals surface area (Å²) < 4.78 is 0. The molecule has 0 aromatic heterocycles. The SMILES string of the molecule is O=C1c2cccc(O)c2C(=O)c2c1c(O)c1cc(O)ccc1c2O. The van der Waals surface area contributed by atoms with Crippen LogP contribution in [0.4, 0.5) is 0 Å².